The van der Waals surface area contributed by atoms with Gasteiger partial charge < -0.3 is 19.4 Å². The van der Waals surface area contributed by atoms with Gasteiger partial charge in [-0.05, 0) is 19.1 Å². The molecule has 0 saturated carbocycles. The van der Waals surface area contributed by atoms with E-state index in [0.29, 0.717) is 11.6 Å². The Morgan fingerprint density at radius 3 is 2.95 bits per heavy atom. The predicted octanol–water partition coefficient (Wildman–Crippen LogP) is 1.11. The molecular weight excluding hydrogens is 286 g/mol. The van der Waals surface area contributed by atoms with Gasteiger partial charge in [0.25, 0.3) is 5.91 Å². The van der Waals surface area contributed by atoms with Crippen LogP contribution in [0.1, 0.15) is 5.69 Å². The number of nitrogens with zero attached hydrogens (tertiary/aromatic N) is 2. The molecule has 0 atom stereocenters. The van der Waals surface area contributed by atoms with Crippen molar-refractivity contribution in [3.63, 3.8) is 0 Å². The fraction of sp³-hybridized carbons (Fsp3) is 0.267. The van der Waals surface area contributed by atoms with Crippen molar-refractivity contribution >= 4 is 11.6 Å². The fourth-order valence-corrected chi connectivity index (χ4v) is 1.79. The van der Waals surface area contributed by atoms with E-state index in [1.54, 1.807) is 36.1 Å². The predicted molar refractivity (Wildman–Crippen MR) is 81.3 cm³/mol. The van der Waals surface area contributed by atoms with E-state index in [1.165, 1.54) is 13.2 Å². The first-order chi connectivity index (χ1) is 10.5. The monoisotopic (exact) mass is 303 g/mol. The zero-order chi connectivity index (χ0) is 16.1. The van der Waals surface area contributed by atoms with E-state index in [2.05, 4.69) is 10.3 Å². The lowest BCUT2D eigenvalue weighted by atomic mass is 10.3. The second kappa shape index (κ2) is 6.75. The Balaban J connectivity index is 2.02. The summed E-state index contributed by atoms with van der Waals surface area (Å²) in [6.45, 7) is 1.53. The lowest BCUT2D eigenvalue weighted by Crippen LogP contribution is -2.23. The summed E-state index contributed by atoms with van der Waals surface area (Å²) in [4.78, 5) is 27.6. The van der Waals surface area contributed by atoms with Crippen LogP contribution in [0.2, 0.25) is 0 Å². The Kier molecular flexibility index (Phi) is 4.77. The third-order valence-corrected chi connectivity index (χ3v) is 3.05. The average molecular weight is 303 g/mol. The van der Waals surface area contributed by atoms with E-state index in [1.807, 2.05) is 6.92 Å². The van der Waals surface area contributed by atoms with Crippen molar-refractivity contribution < 1.29 is 14.3 Å². The molecule has 7 heteroatoms. The first kappa shape index (κ1) is 15.6. The molecule has 2 rings (SSSR count). The smallest absolute Gasteiger partial charge is 0.262 e. The second-order valence-electron chi connectivity index (χ2n) is 4.65. The van der Waals surface area contributed by atoms with E-state index in [0.717, 1.165) is 5.69 Å². The number of hydrogen-bond acceptors (Lipinski definition) is 5. The first-order valence-electron chi connectivity index (χ1n) is 6.60. The maximum absolute atomic E-state index is 11.9. The number of pyridine rings is 2. The highest BCUT2D eigenvalue weighted by Crippen LogP contribution is 2.19. The number of rotatable bonds is 5. The third-order valence-electron chi connectivity index (χ3n) is 3.05. The summed E-state index contributed by atoms with van der Waals surface area (Å²) in [5, 5.41) is 2.62. The Labute approximate surface area is 127 Å². The van der Waals surface area contributed by atoms with E-state index >= 15 is 0 Å². The van der Waals surface area contributed by atoms with Gasteiger partial charge in [0.1, 0.15) is 5.69 Å². The molecule has 2 aromatic rings. The summed E-state index contributed by atoms with van der Waals surface area (Å²) >= 11 is 0. The third kappa shape index (κ3) is 3.63. The van der Waals surface area contributed by atoms with E-state index in [-0.39, 0.29) is 17.8 Å². The standard InChI is InChI=1S/C15H17N3O4/c1-10-7-12(19)13(8-18(10)2)22-9-14(20)17-11-5-4-6-16-15(11)21-3/h4-8H,9H2,1-3H3,(H,17,20). The summed E-state index contributed by atoms with van der Waals surface area (Å²) in [5.74, 6) is 0.0254. The van der Waals surface area contributed by atoms with Gasteiger partial charge in [-0.2, -0.15) is 0 Å². The fourth-order valence-electron chi connectivity index (χ4n) is 1.79. The molecule has 0 aliphatic carbocycles. The van der Waals surface area contributed by atoms with E-state index in [4.69, 9.17) is 9.47 Å². The molecule has 0 bridgehead atoms. The molecule has 0 aromatic carbocycles. The van der Waals surface area contributed by atoms with Crippen molar-refractivity contribution in [1.82, 2.24) is 9.55 Å². The highest BCUT2D eigenvalue weighted by molar-refractivity contribution is 5.92. The van der Waals surface area contributed by atoms with Crippen LogP contribution in [0.5, 0.6) is 11.6 Å². The minimum atomic E-state index is -0.408. The molecule has 0 aliphatic heterocycles. The Hall–Kier alpha value is -2.83. The van der Waals surface area contributed by atoms with Crippen molar-refractivity contribution in [3.05, 3.63) is 46.5 Å². The lowest BCUT2D eigenvalue weighted by molar-refractivity contribution is -0.118. The van der Waals surface area contributed by atoms with Gasteiger partial charge >= 0.3 is 0 Å². The minimum absolute atomic E-state index is 0.126. The van der Waals surface area contributed by atoms with Crippen LogP contribution >= 0.6 is 0 Å². The van der Waals surface area contributed by atoms with Crippen LogP contribution in [0, 0.1) is 6.92 Å². The molecule has 0 saturated heterocycles. The van der Waals surface area contributed by atoms with Gasteiger partial charge in [0.15, 0.2) is 12.4 Å². The normalized spacial score (nSPS) is 10.1. The minimum Gasteiger partial charge on any atom is -0.480 e. The number of carbonyl (C=O) groups is 1. The highest BCUT2D eigenvalue weighted by Gasteiger charge is 2.10. The lowest BCUT2D eigenvalue weighted by Gasteiger charge is -2.10. The molecule has 1 N–H and O–H groups in total. The Bertz CT molecular complexity index is 740. The van der Waals surface area contributed by atoms with E-state index < -0.39 is 5.91 Å². The van der Waals surface area contributed by atoms with Gasteiger partial charge in [-0.1, -0.05) is 0 Å². The number of nitrogens with one attached hydrogen (secondary N) is 1. The molecule has 7 nitrogen and oxygen atoms in total. The van der Waals surface area contributed by atoms with Crippen molar-refractivity contribution in [1.29, 1.82) is 0 Å². The molecular formula is C15H17N3O4. The van der Waals surface area contributed by atoms with Crippen LogP contribution in [-0.2, 0) is 11.8 Å². The molecule has 22 heavy (non-hydrogen) atoms. The molecule has 2 aromatic heterocycles. The van der Waals surface area contributed by atoms with Gasteiger partial charge in [-0.15, -0.1) is 0 Å². The number of anilines is 1. The van der Waals surface area contributed by atoms with Crippen LogP contribution in [0.25, 0.3) is 0 Å². The second-order valence-corrected chi connectivity index (χ2v) is 4.65. The molecule has 116 valence electrons. The molecule has 1 amide bonds. The van der Waals surface area contributed by atoms with Crippen LogP contribution in [-0.4, -0.2) is 29.2 Å². The molecule has 0 spiro atoms. The number of methoxy groups -OCH3 is 1. The van der Waals surface area contributed by atoms with Crippen LogP contribution in [0.4, 0.5) is 5.69 Å². The Morgan fingerprint density at radius 2 is 2.23 bits per heavy atom. The number of carbonyl (C=O) groups excluding carboxylic acids is 1. The summed E-state index contributed by atoms with van der Waals surface area (Å²) in [6, 6.07) is 4.79. The molecule has 0 fully saturated rings. The molecule has 2 heterocycles. The SMILES string of the molecule is COc1ncccc1NC(=O)COc1cn(C)c(C)cc1=O. The molecule has 0 unspecified atom stereocenters. The van der Waals surface area contributed by atoms with Gasteiger partial charge in [-0.25, -0.2) is 4.98 Å². The quantitative estimate of drug-likeness (QED) is 0.895. The van der Waals surface area contributed by atoms with Crippen LogP contribution in [0.3, 0.4) is 0 Å². The zero-order valence-corrected chi connectivity index (χ0v) is 12.6. The largest absolute Gasteiger partial charge is 0.480 e. The number of aromatic nitrogens is 2. The zero-order valence-electron chi connectivity index (χ0n) is 12.6. The summed E-state index contributed by atoms with van der Waals surface area (Å²) in [6.07, 6.45) is 3.11. The number of ether oxygens (including phenoxy) is 2. The Morgan fingerprint density at radius 1 is 1.45 bits per heavy atom. The molecule has 0 radical (unpaired) electrons. The maximum atomic E-state index is 11.9. The van der Waals surface area contributed by atoms with Gasteiger partial charge in [-0.3, -0.25) is 9.59 Å². The van der Waals surface area contributed by atoms with E-state index in [9.17, 15) is 9.59 Å². The van der Waals surface area contributed by atoms with Crippen molar-refractivity contribution in [2.24, 2.45) is 7.05 Å². The molecule has 0 aliphatic rings. The first-order valence-corrected chi connectivity index (χ1v) is 6.60. The number of amides is 1. The maximum Gasteiger partial charge on any atom is 0.262 e. The highest BCUT2D eigenvalue weighted by atomic mass is 16.5. The van der Waals surface area contributed by atoms with Crippen LogP contribution < -0.4 is 20.2 Å². The average Bonchev–Trinajstić information content (AvgIpc) is 2.50. The van der Waals surface area contributed by atoms with Crippen molar-refractivity contribution in [2.45, 2.75) is 6.92 Å². The number of hydrogen-bond donors (Lipinski definition) is 1. The van der Waals surface area contributed by atoms with Gasteiger partial charge in [0.2, 0.25) is 11.3 Å². The summed E-state index contributed by atoms with van der Waals surface area (Å²) in [5.41, 5.74) is 0.986. The summed E-state index contributed by atoms with van der Waals surface area (Å²) < 4.78 is 12.1. The van der Waals surface area contributed by atoms with Crippen LogP contribution in [0.15, 0.2) is 35.4 Å². The number of aryl methyl sites for hydroxylation is 2. The summed E-state index contributed by atoms with van der Waals surface area (Å²) in [7, 11) is 3.26. The van der Waals surface area contributed by atoms with Crippen molar-refractivity contribution in [2.75, 3.05) is 19.0 Å². The van der Waals surface area contributed by atoms with Gasteiger partial charge in [0, 0.05) is 31.2 Å². The van der Waals surface area contributed by atoms with Crippen molar-refractivity contribution in [3.8, 4) is 11.6 Å². The topological polar surface area (TPSA) is 82.4 Å². The van der Waals surface area contributed by atoms with Gasteiger partial charge in [0.05, 0.1) is 7.11 Å².